The third-order valence-electron chi connectivity index (χ3n) is 3.84. The molecule has 1 aliphatic heterocycles. The predicted octanol–water partition coefficient (Wildman–Crippen LogP) is 3.28. The van der Waals surface area contributed by atoms with Crippen LogP contribution >= 0.6 is 22.9 Å². The number of hydrogen-bond donors (Lipinski definition) is 0. The predicted molar refractivity (Wildman–Crippen MR) is 88.6 cm³/mol. The third kappa shape index (κ3) is 2.62. The summed E-state index contributed by atoms with van der Waals surface area (Å²) in [7, 11) is 1.68. The molecule has 3 rings (SSSR count). The molecular weight excluding hydrogens is 320 g/mol. The smallest absolute Gasteiger partial charge is 0.264 e. The number of halogens is 1. The molecule has 0 N–H and O–H groups in total. The summed E-state index contributed by atoms with van der Waals surface area (Å²) in [5, 5.41) is 2.40. The molecule has 0 unspecified atom stereocenters. The van der Waals surface area contributed by atoms with Crippen LogP contribution in [0.15, 0.2) is 41.8 Å². The van der Waals surface area contributed by atoms with Gasteiger partial charge in [-0.3, -0.25) is 9.59 Å². The first-order valence-electron chi connectivity index (χ1n) is 6.96. The Morgan fingerprint density at radius 2 is 2.09 bits per heavy atom. The summed E-state index contributed by atoms with van der Waals surface area (Å²) in [5.74, 6) is -0.199. The molecule has 2 heterocycles. The number of likely N-dealkylation sites (N-methyl/N-ethyl adjacent to an activating group) is 1. The van der Waals surface area contributed by atoms with Crippen LogP contribution in [0, 0.1) is 0 Å². The van der Waals surface area contributed by atoms with E-state index in [1.807, 2.05) is 29.6 Å². The Hall–Kier alpha value is -1.85. The summed E-state index contributed by atoms with van der Waals surface area (Å²) in [6, 6.07) is 10.4. The number of carbonyl (C=O) groups is 2. The molecule has 1 aliphatic rings. The van der Waals surface area contributed by atoms with Crippen LogP contribution in [-0.2, 0) is 4.79 Å². The van der Waals surface area contributed by atoms with Crippen molar-refractivity contribution in [2.24, 2.45) is 0 Å². The van der Waals surface area contributed by atoms with Gasteiger partial charge in [-0.25, -0.2) is 0 Å². The zero-order valence-electron chi connectivity index (χ0n) is 12.0. The van der Waals surface area contributed by atoms with E-state index in [2.05, 4.69) is 0 Å². The second-order valence-electron chi connectivity index (χ2n) is 5.14. The van der Waals surface area contributed by atoms with Gasteiger partial charge in [-0.1, -0.05) is 29.8 Å². The quantitative estimate of drug-likeness (QED) is 0.864. The third-order valence-corrected chi connectivity index (χ3v) is 5.02. The molecule has 0 aliphatic carbocycles. The molecule has 22 heavy (non-hydrogen) atoms. The lowest BCUT2D eigenvalue weighted by Gasteiger charge is -2.24. The Morgan fingerprint density at radius 3 is 2.77 bits per heavy atom. The summed E-state index contributed by atoms with van der Waals surface area (Å²) in [4.78, 5) is 28.9. The maximum Gasteiger partial charge on any atom is 0.264 e. The fourth-order valence-corrected chi connectivity index (χ4v) is 3.59. The van der Waals surface area contributed by atoms with Gasteiger partial charge in [0, 0.05) is 13.6 Å². The molecule has 114 valence electrons. The minimum absolute atomic E-state index is 0.0829. The van der Waals surface area contributed by atoms with Crippen molar-refractivity contribution in [3.63, 3.8) is 0 Å². The van der Waals surface area contributed by atoms with Gasteiger partial charge in [0.2, 0.25) is 5.91 Å². The van der Waals surface area contributed by atoms with Crippen molar-refractivity contribution in [3.8, 4) is 0 Å². The molecule has 6 heteroatoms. The van der Waals surface area contributed by atoms with E-state index in [4.69, 9.17) is 11.6 Å². The van der Waals surface area contributed by atoms with Crippen molar-refractivity contribution in [1.29, 1.82) is 0 Å². The lowest BCUT2D eigenvalue weighted by Crippen LogP contribution is -2.42. The van der Waals surface area contributed by atoms with E-state index in [9.17, 15) is 9.59 Å². The van der Waals surface area contributed by atoms with Gasteiger partial charge in [-0.2, -0.15) is 0 Å². The highest BCUT2D eigenvalue weighted by molar-refractivity contribution is 7.12. The minimum Gasteiger partial charge on any atom is -0.329 e. The number of anilines is 1. The fourth-order valence-electron chi connectivity index (χ4n) is 2.65. The highest BCUT2D eigenvalue weighted by Gasteiger charge is 2.38. The molecule has 0 bridgehead atoms. The average Bonchev–Trinajstić information content (AvgIpc) is 3.16. The standard InChI is InChI=1S/C16H15ClN2O2S/c1-18(16(21)14-7-4-10-22-14)13-8-9-19(15(13)20)12-6-3-2-5-11(12)17/h2-7,10,13H,8-9H2,1H3/t13-/m0/s1. The molecule has 2 amide bonds. The number of para-hydroxylation sites is 1. The second kappa shape index (κ2) is 6.10. The Bertz CT molecular complexity index is 702. The van der Waals surface area contributed by atoms with Crippen molar-refractivity contribution in [2.45, 2.75) is 12.5 Å². The van der Waals surface area contributed by atoms with Crippen molar-refractivity contribution >= 4 is 40.4 Å². The average molecular weight is 335 g/mol. The Morgan fingerprint density at radius 1 is 1.32 bits per heavy atom. The summed E-state index contributed by atoms with van der Waals surface area (Å²) in [5.41, 5.74) is 0.702. The second-order valence-corrected chi connectivity index (χ2v) is 6.49. The minimum atomic E-state index is -0.439. The molecule has 1 fully saturated rings. The van der Waals surface area contributed by atoms with Crippen LogP contribution < -0.4 is 4.90 Å². The van der Waals surface area contributed by atoms with Crippen molar-refractivity contribution < 1.29 is 9.59 Å². The number of benzene rings is 1. The highest BCUT2D eigenvalue weighted by atomic mass is 35.5. The molecular formula is C16H15ClN2O2S. The van der Waals surface area contributed by atoms with Gasteiger partial charge in [0.15, 0.2) is 0 Å². The van der Waals surface area contributed by atoms with Gasteiger partial charge in [0.25, 0.3) is 5.91 Å². The van der Waals surface area contributed by atoms with Crippen LogP contribution in [0.5, 0.6) is 0 Å². The van der Waals surface area contributed by atoms with Crippen molar-refractivity contribution in [1.82, 2.24) is 4.90 Å². The topological polar surface area (TPSA) is 40.6 Å². The Kier molecular flexibility index (Phi) is 4.18. The van der Waals surface area contributed by atoms with E-state index < -0.39 is 6.04 Å². The van der Waals surface area contributed by atoms with Gasteiger partial charge in [-0.05, 0) is 30.0 Å². The van der Waals surface area contributed by atoms with Crippen LogP contribution in [0.4, 0.5) is 5.69 Å². The summed E-state index contributed by atoms with van der Waals surface area (Å²) < 4.78 is 0. The van der Waals surface area contributed by atoms with Gasteiger partial charge in [-0.15, -0.1) is 11.3 Å². The zero-order chi connectivity index (χ0) is 15.7. The van der Waals surface area contributed by atoms with E-state index in [1.165, 1.54) is 16.2 Å². The van der Waals surface area contributed by atoms with Crippen LogP contribution in [0.25, 0.3) is 0 Å². The number of carbonyl (C=O) groups excluding carboxylic acids is 2. The van der Waals surface area contributed by atoms with Gasteiger partial charge < -0.3 is 9.80 Å². The van der Waals surface area contributed by atoms with Crippen LogP contribution in [0.1, 0.15) is 16.1 Å². The Labute approximate surface area is 137 Å². The number of amides is 2. The Balaban J connectivity index is 1.79. The van der Waals surface area contributed by atoms with Crippen molar-refractivity contribution in [2.75, 3.05) is 18.5 Å². The molecule has 1 saturated heterocycles. The summed E-state index contributed by atoms with van der Waals surface area (Å²) in [6.07, 6.45) is 0.609. The molecule has 4 nitrogen and oxygen atoms in total. The van der Waals surface area contributed by atoms with Gasteiger partial charge in [0.1, 0.15) is 6.04 Å². The summed E-state index contributed by atoms with van der Waals surface area (Å²) in [6.45, 7) is 0.565. The number of thiophene rings is 1. The first kappa shape index (κ1) is 15.1. The number of nitrogens with zero attached hydrogens (tertiary/aromatic N) is 2. The zero-order valence-corrected chi connectivity index (χ0v) is 13.6. The largest absolute Gasteiger partial charge is 0.329 e. The first-order chi connectivity index (χ1) is 10.6. The normalized spacial score (nSPS) is 17.8. The fraction of sp³-hybridized carbons (Fsp3) is 0.250. The van der Waals surface area contributed by atoms with Crippen LogP contribution in [0.3, 0.4) is 0 Å². The summed E-state index contributed by atoms with van der Waals surface area (Å²) >= 11 is 7.55. The number of hydrogen-bond acceptors (Lipinski definition) is 3. The lowest BCUT2D eigenvalue weighted by molar-refractivity contribution is -0.120. The van der Waals surface area contributed by atoms with Crippen LogP contribution in [0.2, 0.25) is 5.02 Å². The monoisotopic (exact) mass is 334 g/mol. The van der Waals surface area contributed by atoms with E-state index >= 15 is 0 Å². The molecule has 2 aromatic rings. The maximum absolute atomic E-state index is 12.7. The van der Waals surface area contributed by atoms with Crippen molar-refractivity contribution in [3.05, 3.63) is 51.7 Å². The SMILES string of the molecule is CN(C(=O)c1cccs1)[C@H]1CCN(c2ccccc2Cl)C1=O. The molecule has 1 aromatic heterocycles. The molecule has 0 spiro atoms. The lowest BCUT2D eigenvalue weighted by atomic mass is 10.2. The van der Waals surface area contributed by atoms with E-state index in [1.54, 1.807) is 24.1 Å². The molecule has 0 saturated carbocycles. The van der Waals surface area contributed by atoms with E-state index in [0.717, 1.165) is 0 Å². The highest BCUT2D eigenvalue weighted by Crippen LogP contribution is 2.30. The molecule has 1 aromatic carbocycles. The molecule has 0 radical (unpaired) electrons. The first-order valence-corrected chi connectivity index (χ1v) is 8.22. The number of rotatable bonds is 3. The maximum atomic E-state index is 12.7. The van der Waals surface area contributed by atoms with Gasteiger partial charge in [0.05, 0.1) is 15.6 Å². The van der Waals surface area contributed by atoms with Gasteiger partial charge >= 0.3 is 0 Å². The van der Waals surface area contributed by atoms with Crippen LogP contribution in [-0.4, -0.2) is 36.3 Å². The van der Waals surface area contributed by atoms with E-state index in [0.29, 0.717) is 28.6 Å². The molecule has 1 atom stereocenters. The van der Waals surface area contributed by atoms with E-state index in [-0.39, 0.29) is 11.8 Å².